The lowest BCUT2D eigenvalue weighted by atomic mass is 10.1. The Morgan fingerprint density at radius 3 is 2.41 bits per heavy atom. The van der Waals surface area contributed by atoms with Crippen LogP contribution >= 0.6 is 0 Å². The number of amides is 3. The molecule has 1 saturated carbocycles. The van der Waals surface area contributed by atoms with Crippen LogP contribution in [0.25, 0.3) is 0 Å². The molecule has 0 radical (unpaired) electrons. The zero-order valence-electron chi connectivity index (χ0n) is 15.3. The van der Waals surface area contributed by atoms with E-state index in [0.29, 0.717) is 17.8 Å². The standard InChI is InChI=1S/C19H17F3N4O3/c1-11-9-18(11)16(27)25(13-2-4-15(5-3-13)29-19(20,21)22)17(28)26(18)14-6-7-24-12(8-14)10-23/h2-8,11H,9-10,23H2,1H3. The molecular formula is C19H17F3N4O3. The molecule has 2 heterocycles. The Labute approximate surface area is 163 Å². The third kappa shape index (κ3) is 3.09. The first-order valence-corrected chi connectivity index (χ1v) is 8.87. The van der Waals surface area contributed by atoms with E-state index in [1.165, 1.54) is 23.2 Å². The predicted octanol–water partition coefficient (Wildman–Crippen LogP) is 3.19. The highest BCUT2D eigenvalue weighted by Crippen LogP contribution is 2.55. The number of ether oxygens (including phenoxy) is 1. The van der Waals surface area contributed by atoms with Gasteiger partial charge in [-0.05, 0) is 48.7 Å². The van der Waals surface area contributed by atoms with Gasteiger partial charge in [0.1, 0.15) is 11.3 Å². The fraction of sp³-hybridized carbons (Fsp3) is 0.316. The van der Waals surface area contributed by atoms with Gasteiger partial charge in [-0.2, -0.15) is 0 Å². The van der Waals surface area contributed by atoms with E-state index in [1.54, 1.807) is 12.1 Å². The second-order valence-electron chi connectivity index (χ2n) is 7.04. The highest BCUT2D eigenvalue weighted by molar-refractivity contribution is 6.31. The Bertz CT molecular complexity index is 979. The summed E-state index contributed by atoms with van der Waals surface area (Å²) in [6, 6.07) is 7.33. The van der Waals surface area contributed by atoms with Crippen LogP contribution in [-0.2, 0) is 11.3 Å². The summed E-state index contributed by atoms with van der Waals surface area (Å²) in [5.74, 6) is -0.912. The van der Waals surface area contributed by atoms with Crippen molar-refractivity contribution in [3.05, 3.63) is 48.3 Å². The number of imide groups is 1. The van der Waals surface area contributed by atoms with Gasteiger partial charge in [0.05, 0.1) is 17.1 Å². The van der Waals surface area contributed by atoms with Crippen LogP contribution in [-0.4, -0.2) is 28.8 Å². The number of carbonyl (C=O) groups excluding carboxylic acids is 2. The minimum absolute atomic E-state index is 0.0636. The van der Waals surface area contributed by atoms with Gasteiger partial charge in [-0.15, -0.1) is 13.2 Å². The van der Waals surface area contributed by atoms with Crippen molar-refractivity contribution >= 4 is 23.3 Å². The van der Waals surface area contributed by atoms with Gasteiger partial charge in [-0.25, -0.2) is 9.69 Å². The van der Waals surface area contributed by atoms with Gasteiger partial charge < -0.3 is 10.5 Å². The van der Waals surface area contributed by atoms with Crippen LogP contribution < -0.4 is 20.3 Å². The molecule has 1 aromatic heterocycles. The fourth-order valence-corrected chi connectivity index (χ4v) is 3.75. The number of rotatable bonds is 4. The van der Waals surface area contributed by atoms with E-state index in [-0.39, 0.29) is 18.2 Å². The molecule has 1 spiro atoms. The van der Waals surface area contributed by atoms with Crippen molar-refractivity contribution in [2.45, 2.75) is 31.8 Å². The molecular weight excluding hydrogens is 389 g/mol. The number of nitrogens with two attached hydrogens (primary N) is 1. The van der Waals surface area contributed by atoms with Gasteiger partial charge in [0.25, 0.3) is 5.91 Å². The molecule has 2 N–H and O–H groups in total. The zero-order chi connectivity index (χ0) is 21.0. The van der Waals surface area contributed by atoms with Crippen LogP contribution in [0.1, 0.15) is 19.0 Å². The van der Waals surface area contributed by atoms with Crippen molar-refractivity contribution in [2.75, 3.05) is 9.80 Å². The normalized spacial score (nSPS) is 23.8. The smallest absolute Gasteiger partial charge is 0.406 e. The first-order valence-electron chi connectivity index (χ1n) is 8.87. The number of anilines is 2. The minimum Gasteiger partial charge on any atom is -0.406 e. The molecule has 1 aliphatic heterocycles. The summed E-state index contributed by atoms with van der Waals surface area (Å²) >= 11 is 0. The monoisotopic (exact) mass is 406 g/mol. The van der Waals surface area contributed by atoms with Gasteiger partial charge in [0.15, 0.2) is 0 Å². The second-order valence-corrected chi connectivity index (χ2v) is 7.04. The van der Waals surface area contributed by atoms with E-state index < -0.39 is 29.6 Å². The minimum atomic E-state index is -4.83. The molecule has 29 heavy (non-hydrogen) atoms. The number of nitrogens with zero attached hydrogens (tertiary/aromatic N) is 3. The number of hydrogen-bond donors (Lipinski definition) is 1. The molecule has 152 valence electrons. The summed E-state index contributed by atoms with van der Waals surface area (Å²) < 4.78 is 40.9. The zero-order valence-corrected chi connectivity index (χ0v) is 15.3. The lowest BCUT2D eigenvalue weighted by molar-refractivity contribution is -0.274. The highest BCUT2D eigenvalue weighted by Gasteiger charge is 2.70. The lowest BCUT2D eigenvalue weighted by Crippen LogP contribution is -2.39. The summed E-state index contributed by atoms with van der Waals surface area (Å²) in [4.78, 5) is 32.9. The molecule has 10 heteroatoms. The number of urea groups is 1. The fourth-order valence-electron chi connectivity index (χ4n) is 3.75. The van der Waals surface area contributed by atoms with Crippen molar-refractivity contribution in [2.24, 2.45) is 11.7 Å². The Balaban J connectivity index is 1.69. The average Bonchev–Trinajstić information content (AvgIpc) is 3.27. The van der Waals surface area contributed by atoms with E-state index in [2.05, 4.69) is 9.72 Å². The molecule has 3 amide bonds. The number of pyridine rings is 1. The molecule has 1 aliphatic carbocycles. The third-order valence-corrected chi connectivity index (χ3v) is 5.22. The van der Waals surface area contributed by atoms with E-state index in [9.17, 15) is 22.8 Å². The molecule has 2 atom stereocenters. The molecule has 2 aliphatic rings. The van der Waals surface area contributed by atoms with Crippen molar-refractivity contribution in [1.29, 1.82) is 0 Å². The SMILES string of the molecule is CC1CC12C(=O)N(c1ccc(OC(F)(F)F)cc1)C(=O)N2c1ccnc(CN)c1. The second kappa shape index (κ2) is 6.45. The Kier molecular flexibility index (Phi) is 4.26. The number of alkyl halides is 3. The maximum atomic E-state index is 13.2. The Hall–Kier alpha value is -3.14. The number of carbonyl (C=O) groups is 2. The first-order chi connectivity index (χ1) is 13.7. The number of benzene rings is 1. The van der Waals surface area contributed by atoms with Crippen LogP contribution in [0.4, 0.5) is 29.3 Å². The van der Waals surface area contributed by atoms with Gasteiger partial charge >= 0.3 is 12.4 Å². The third-order valence-electron chi connectivity index (χ3n) is 5.22. The molecule has 1 aromatic carbocycles. The summed E-state index contributed by atoms with van der Waals surface area (Å²) in [5, 5.41) is 0. The van der Waals surface area contributed by atoms with Gasteiger partial charge in [0.2, 0.25) is 0 Å². The van der Waals surface area contributed by atoms with Gasteiger partial charge in [-0.1, -0.05) is 6.92 Å². The number of halogens is 3. The number of aromatic nitrogens is 1. The van der Waals surface area contributed by atoms with E-state index in [1.807, 2.05) is 6.92 Å². The number of hydrogen-bond acceptors (Lipinski definition) is 5. The quantitative estimate of drug-likeness (QED) is 0.788. The van der Waals surface area contributed by atoms with Crippen LogP contribution in [0.2, 0.25) is 0 Å². The van der Waals surface area contributed by atoms with Crippen molar-refractivity contribution in [3.8, 4) is 5.75 Å². The topological polar surface area (TPSA) is 88.8 Å². The molecule has 4 rings (SSSR count). The van der Waals surface area contributed by atoms with Crippen LogP contribution in [0.3, 0.4) is 0 Å². The first kappa shape index (κ1) is 19.2. The van der Waals surface area contributed by atoms with Crippen LogP contribution in [0.5, 0.6) is 5.75 Å². The summed E-state index contributed by atoms with van der Waals surface area (Å²) in [5.41, 5.74) is 5.86. The van der Waals surface area contributed by atoms with E-state index >= 15 is 0 Å². The molecule has 2 aromatic rings. The Morgan fingerprint density at radius 2 is 1.86 bits per heavy atom. The average molecular weight is 406 g/mol. The lowest BCUT2D eigenvalue weighted by Gasteiger charge is -2.22. The largest absolute Gasteiger partial charge is 0.573 e. The summed E-state index contributed by atoms with van der Waals surface area (Å²) in [6.45, 7) is 2.05. The van der Waals surface area contributed by atoms with Gasteiger partial charge in [0, 0.05) is 12.7 Å². The van der Waals surface area contributed by atoms with Crippen molar-refractivity contribution < 1.29 is 27.5 Å². The molecule has 0 bridgehead atoms. The molecule has 7 nitrogen and oxygen atoms in total. The van der Waals surface area contributed by atoms with Crippen molar-refractivity contribution in [3.63, 3.8) is 0 Å². The van der Waals surface area contributed by atoms with Crippen molar-refractivity contribution in [1.82, 2.24) is 4.98 Å². The maximum Gasteiger partial charge on any atom is 0.573 e. The van der Waals surface area contributed by atoms with E-state index in [4.69, 9.17) is 5.73 Å². The van der Waals surface area contributed by atoms with Gasteiger partial charge in [-0.3, -0.25) is 14.7 Å². The summed E-state index contributed by atoms with van der Waals surface area (Å²) in [7, 11) is 0. The predicted molar refractivity (Wildman–Crippen MR) is 97.1 cm³/mol. The van der Waals surface area contributed by atoms with E-state index in [0.717, 1.165) is 17.0 Å². The molecule has 2 fully saturated rings. The molecule has 1 saturated heterocycles. The van der Waals surface area contributed by atoms with Crippen LogP contribution in [0.15, 0.2) is 42.6 Å². The molecule has 2 unspecified atom stereocenters. The van der Waals surface area contributed by atoms with Crippen LogP contribution in [0, 0.1) is 5.92 Å². The maximum absolute atomic E-state index is 13.2. The Morgan fingerprint density at radius 1 is 1.21 bits per heavy atom. The summed E-state index contributed by atoms with van der Waals surface area (Å²) in [6.07, 6.45) is -2.82. The highest BCUT2D eigenvalue weighted by atomic mass is 19.4.